The largest absolute Gasteiger partial charge is 0.480 e. The molecule has 0 spiro atoms. The molecule has 1 aromatic rings. The van der Waals surface area contributed by atoms with Crippen molar-refractivity contribution in [2.75, 3.05) is 18.0 Å². The van der Waals surface area contributed by atoms with Gasteiger partial charge in [-0.15, -0.1) is 0 Å². The molecule has 2 atom stereocenters. The molecule has 104 valence electrons. The molecular weight excluding hydrogens is 238 g/mol. The zero-order valence-corrected chi connectivity index (χ0v) is 11.6. The summed E-state index contributed by atoms with van der Waals surface area (Å²) in [7, 11) is 0. The van der Waals surface area contributed by atoms with Crippen molar-refractivity contribution in [3.05, 3.63) is 30.3 Å². The van der Waals surface area contributed by atoms with Crippen molar-refractivity contribution in [3.63, 3.8) is 0 Å². The average molecular weight is 261 g/mol. The predicted octanol–water partition coefficient (Wildman–Crippen LogP) is 3.40. The average Bonchev–Trinajstić information content (AvgIpc) is 2.38. The SMILES string of the molecule is CC1CCCC(CN(CC(=O)O)c2ccccc2)C1. The van der Waals surface area contributed by atoms with Gasteiger partial charge in [0.25, 0.3) is 0 Å². The standard InChI is InChI=1S/C16H23NO2/c1-13-6-5-7-14(10-13)11-17(12-16(18)19)15-8-3-2-4-9-15/h2-4,8-9,13-14H,5-7,10-12H2,1H3,(H,18,19). The highest BCUT2D eigenvalue weighted by Gasteiger charge is 2.22. The molecule has 3 heteroatoms. The highest BCUT2D eigenvalue weighted by molar-refractivity contribution is 5.73. The third-order valence-electron chi connectivity index (χ3n) is 3.97. The van der Waals surface area contributed by atoms with Gasteiger partial charge in [-0.1, -0.05) is 38.0 Å². The summed E-state index contributed by atoms with van der Waals surface area (Å²) < 4.78 is 0. The molecule has 1 aromatic carbocycles. The van der Waals surface area contributed by atoms with Crippen LogP contribution in [0.25, 0.3) is 0 Å². The second-order valence-electron chi connectivity index (χ2n) is 5.75. The molecule has 0 amide bonds. The molecular formula is C16H23NO2. The van der Waals surface area contributed by atoms with Crippen molar-refractivity contribution in [1.82, 2.24) is 0 Å². The molecule has 1 aliphatic carbocycles. The molecule has 1 fully saturated rings. The van der Waals surface area contributed by atoms with E-state index in [9.17, 15) is 4.79 Å². The Morgan fingerprint density at radius 3 is 2.68 bits per heavy atom. The molecule has 0 aliphatic heterocycles. The molecule has 0 saturated heterocycles. The Morgan fingerprint density at radius 1 is 1.32 bits per heavy atom. The van der Waals surface area contributed by atoms with E-state index in [4.69, 9.17) is 5.11 Å². The van der Waals surface area contributed by atoms with E-state index in [0.717, 1.165) is 18.2 Å². The highest BCUT2D eigenvalue weighted by Crippen LogP contribution is 2.30. The summed E-state index contributed by atoms with van der Waals surface area (Å²) in [5.41, 5.74) is 1.02. The summed E-state index contributed by atoms with van der Waals surface area (Å²) in [5.74, 6) is 0.650. The lowest BCUT2D eigenvalue weighted by Crippen LogP contribution is -2.35. The normalized spacial score (nSPS) is 23.0. The lowest BCUT2D eigenvalue weighted by molar-refractivity contribution is -0.135. The lowest BCUT2D eigenvalue weighted by Gasteiger charge is -2.32. The first-order chi connectivity index (χ1) is 9.15. The van der Waals surface area contributed by atoms with Crippen LogP contribution in [0.4, 0.5) is 5.69 Å². The monoisotopic (exact) mass is 261 g/mol. The Kier molecular flexibility index (Phi) is 4.83. The Hall–Kier alpha value is -1.51. The van der Waals surface area contributed by atoms with Gasteiger partial charge < -0.3 is 10.0 Å². The van der Waals surface area contributed by atoms with Gasteiger partial charge in [-0.3, -0.25) is 4.79 Å². The van der Waals surface area contributed by atoms with Gasteiger partial charge in [0.1, 0.15) is 6.54 Å². The first kappa shape index (κ1) is 13.9. The van der Waals surface area contributed by atoms with Crippen molar-refractivity contribution in [2.24, 2.45) is 11.8 Å². The number of anilines is 1. The van der Waals surface area contributed by atoms with Crippen molar-refractivity contribution in [1.29, 1.82) is 0 Å². The predicted molar refractivity (Wildman–Crippen MR) is 77.4 cm³/mol. The van der Waals surface area contributed by atoms with Crippen LogP contribution in [0.5, 0.6) is 0 Å². The number of hydrogen-bond donors (Lipinski definition) is 1. The molecule has 0 bridgehead atoms. The summed E-state index contributed by atoms with van der Waals surface area (Å²) in [6, 6.07) is 9.89. The molecule has 0 aromatic heterocycles. The van der Waals surface area contributed by atoms with E-state index in [2.05, 4.69) is 6.92 Å². The molecule has 3 nitrogen and oxygen atoms in total. The number of rotatable bonds is 5. The number of aliphatic carboxylic acids is 1. The van der Waals surface area contributed by atoms with Gasteiger partial charge in [-0.05, 0) is 36.8 Å². The van der Waals surface area contributed by atoms with E-state index in [1.165, 1.54) is 25.7 Å². The summed E-state index contributed by atoms with van der Waals surface area (Å²) in [6.45, 7) is 3.26. The second kappa shape index (κ2) is 6.60. The fraction of sp³-hybridized carbons (Fsp3) is 0.562. The number of para-hydroxylation sites is 1. The van der Waals surface area contributed by atoms with Crippen LogP contribution in [-0.4, -0.2) is 24.2 Å². The smallest absolute Gasteiger partial charge is 0.323 e. The van der Waals surface area contributed by atoms with Gasteiger partial charge in [-0.25, -0.2) is 0 Å². The van der Waals surface area contributed by atoms with Crippen LogP contribution in [0, 0.1) is 11.8 Å². The molecule has 1 aliphatic rings. The van der Waals surface area contributed by atoms with Crippen molar-refractivity contribution >= 4 is 11.7 Å². The molecule has 0 radical (unpaired) electrons. The van der Waals surface area contributed by atoms with Crippen LogP contribution in [0.3, 0.4) is 0 Å². The van der Waals surface area contributed by atoms with E-state index < -0.39 is 5.97 Å². The van der Waals surface area contributed by atoms with E-state index in [-0.39, 0.29) is 6.54 Å². The number of nitrogens with zero attached hydrogens (tertiary/aromatic N) is 1. The summed E-state index contributed by atoms with van der Waals surface area (Å²) >= 11 is 0. The van der Waals surface area contributed by atoms with Crippen LogP contribution >= 0.6 is 0 Å². The molecule has 2 rings (SSSR count). The zero-order valence-electron chi connectivity index (χ0n) is 11.6. The third kappa shape index (κ3) is 4.27. The molecule has 1 saturated carbocycles. The van der Waals surface area contributed by atoms with E-state index >= 15 is 0 Å². The molecule has 2 unspecified atom stereocenters. The quantitative estimate of drug-likeness (QED) is 0.883. The van der Waals surface area contributed by atoms with Gasteiger partial charge in [0.05, 0.1) is 0 Å². The summed E-state index contributed by atoms with van der Waals surface area (Å²) in [4.78, 5) is 13.1. The van der Waals surface area contributed by atoms with Crippen LogP contribution in [0.2, 0.25) is 0 Å². The van der Waals surface area contributed by atoms with Crippen LogP contribution in [0.1, 0.15) is 32.6 Å². The number of carbonyl (C=O) groups is 1. The second-order valence-corrected chi connectivity index (χ2v) is 5.75. The highest BCUT2D eigenvalue weighted by atomic mass is 16.4. The number of hydrogen-bond acceptors (Lipinski definition) is 2. The van der Waals surface area contributed by atoms with Gasteiger partial charge in [0.15, 0.2) is 0 Å². The first-order valence-electron chi connectivity index (χ1n) is 7.17. The van der Waals surface area contributed by atoms with Crippen LogP contribution in [0.15, 0.2) is 30.3 Å². The maximum atomic E-state index is 11.0. The third-order valence-corrected chi connectivity index (χ3v) is 3.97. The zero-order chi connectivity index (χ0) is 13.7. The lowest BCUT2D eigenvalue weighted by atomic mass is 9.82. The van der Waals surface area contributed by atoms with Gasteiger partial charge in [0, 0.05) is 12.2 Å². The van der Waals surface area contributed by atoms with Crippen LogP contribution in [-0.2, 0) is 4.79 Å². The number of benzene rings is 1. The van der Waals surface area contributed by atoms with E-state index in [0.29, 0.717) is 5.92 Å². The van der Waals surface area contributed by atoms with Crippen molar-refractivity contribution in [2.45, 2.75) is 32.6 Å². The Morgan fingerprint density at radius 2 is 2.05 bits per heavy atom. The number of carboxylic acids is 1. The summed E-state index contributed by atoms with van der Waals surface area (Å²) in [6.07, 6.45) is 5.05. The molecule has 1 N–H and O–H groups in total. The Labute approximate surface area is 115 Å². The van der Waals surface area contributed by atoms with Crippen molar-refractivity contribution in [3.8, 4) is 0 Å². The fourth-order valence-electron chi connectivity index (χ4n) is 3.10. The van der Waals surface area contributed by atoms with Gasteiger partial charge in [-0.2, -0.15) is 0 Å². The number of carboxylic acid groups (broad SMARTS) is 1. The Balaban J connectivity index is 2.03. The maximum absolute atomic E-state index is 11.0. The minimum absolute atomic E-state index is 0.0922. The first-order valence-corrected chi connectivity index (χ1v) is 7.17. The van der Waals surface area contributed by atoms with Gasteiger partial charge >= 0.3 is 5.97 Å². The minimum atomic E-state index is -0.757. The molecule has 19 heavy (non-hydrogen) atoms. The van der Waals surface area contributed by atoms with Crippen LogP contribution < -0.4 is 4.90 Å². The van der Waals surface area contributed by atoms with E-state index in [1.54, 1.807) is 0 Å². The fourth-order valence-corrected chi connectivity index (χ4v) is 3.10. The molecule has 0 heterocycles. The van der Waals surface area contributed by atoms with Gasteiger partial charge in [0.2, 0.25) is 0 Å². The summed E-state index contributed by atoms with van der Waals surface area (Å²) in [5, 5.41) is 9.09. The maximum Gasteiger partial charge on any atom is 0.323 e. The van der Waals surface area contributed by atoms with E-state index in [1.807, 2.05) is 35.2 Å². The Bertz CT molecular complexity index is 404. The topological polar surface area (TPSA) is 40.5 Å². The van der Waals surface area contributed by atoms with Crippen molar-refractivity contribution < 1.29 is 9.90 Å². The minimum Gasteiger partial charge on any atom is -0.480 e.